The van der Waals surface area contributed by atoms with Gasteiger partial charge in [-0.3, -0.25) is 0 Å². The topological polar surface area (TPSA) is 30.7 Å². The molecule has 9 aromatic carbocycles. The highest BCUT2D eigenvalue weighted by atomic mass is 15.0. The summed E-state index contributed by atoms with van der Waals surface area (Å²) in [6.45, 7) is 4.73. The van der Waals surface area contributed by atoms with Crippen LogP contribution >= 0.6 is 0 Å². The van der Waals surface area contributed by atoms with Crippen LogP contribution in [0.15, 0.2) is 176 Å². The van der Waals surface area contributed by atoms with E-state index in [1.807, 2.05) is 0 Å². The molecule has 12 rings (SSSR count). The predicted octanol–water partition coefficient (Wildman–Crippen LogP) is 13.8. The van der Waals surface area contributed by atoms with E-state index in [4.69, 9.17) is 9.97 Å². The second-order valence-corrected chi connectivity index (χ2v) is 15.8. The molecule has 1 aliphatic heterocycles. The Morgan fingerprint density at radius 1 is 0.393 bits per heavy atom. The molecule has 56 heavy (non-hydrogen) atoms. The van der Waals surface area contributed by atoms with Gasteiger partial charge in [-0.1, -0.05) is 147 Å². The lowest BCUT2D eigenvalue weighted by atomic mass is 9.74. The van der Waals surface area contributed by atoms with Crippen molar-refractivity contribution >= 4 is 65.0 Å². The Morgan fingerprint density at radius 3 is 1.71 bits per heavy atom. The summed E-state index contributed by atoms with van der Waals surface area (Å²) >= 11 is 0. The van der Waals surface area contributed by atoms with Crippen LogP contribution in [-0.2, 0) is 5.41 Å². The van der Waals surface area contributed by atoms with E-state index in [9.17, 15) is 0 Å². The molecular formula is C53H35N3. The monoisotopic (exact) mass is 713 g/mol. The molecule has 0 aliphatic carbocycles. The molecule has 0 saturated heterocycles. The molecule has 0 atom stereocenters. The van der Waals surface area contributed by atoms with Crippen molar-refractivity contribution in [2.45, 2.75) is 19.3 Å². The van der Waals surface area contributed by atoms with Gasteiger partial charge in [-0.25, -0.2) is 9.97 Å². The minimum Gasteiger partial charge on any atom is -0.309 e. The van der Waals surface area contributed by atoms with Gasteiger partial charge in [0.2, 0.25) is 0 Å². The van der Waals surface area contributed by atoms with Crippen molar-refractivity contribution in [3.63, 3.8) is 0 Å². The molecule has 0 spiro atoms. The first-order valence-corrected chi connectivity index (χ1v) is 19.4. The summed E-state index contributed by atoms with van der Waals surface area (Å²) in [6.07, 6.45) is 0. The fraction of sp³-hybridized carbons (Fsp3) is 0.0566. The highest BCUT2D eigenvalue weighted by molar-refractivity contribution is 6.29. The molecule has 3 heteroatoms. The van der Waals surface area contributed by atoms with Gasteiger partial charge in [0.15, 0.2) is 5.82 Å². The fourth-order valence-corrected chi connectivity index (χ4v) is 9.62. The average molecular weight is 714 g/mol. The zero-order valence-electron chi connectivity index (χ0n) is 31.1. The Balaban J connectivity index is 1.11. The van der Waals surface area contributed by atoms with E-state index in [1.165, 1.54) is 76.5 Å². The molecule has 0 bridgehead atoms. The number of para-hydroxylation sites is 1. The molecule has 3 nitrogen and oxygen atoms in total. The quantitative estimate of drug-likeness (QED) is 0.171. The molecule has 3 heterocycles. The van der Waals surface area contributed by atoms with Crippen molar-refractivity contribution in [3.8, 4) is 39.5 Å². The predicted molar refractivity (Wildman–Crippen MR) is 235 cm³/mol. The van der Waals surface area contributed by atoms with Gasteiger partial charge in [0.05, 0.1) is 27.9 Å². The van der Waals surface area contributed by atoms with Crippen LogP contribution in [0, 0.1) is 0 Å². The van der Waals surface area contributed by atoms with Gasteiger partial charge >= 0.3 is 0 Å². The maximum Gasteiger partial charge on any atom is 0.160 e. The molecule has 2 aromatic heterocycles. The van der Waals surface area contributed by atoms with E-state index in [0.717, 1.165) is 39.1 Å². The lowest BCUT2D eigenvalue weighted by Crippen LogP contribution is -2.26. The maximum atomic E-state index is 5.37. The normalized spacial score (nSPS) is 13.3. The van der Waals surface area contributed by atoms with Crippen LogP contribution in [0.1, 0.15) is 25.0 Å². The summed E-state index contributed by atoms with van der Waals surface area (Å²) in [5.41, 5.74) is 12.3. The van der Waals surface area contributed by atoms with E-state index in [1.54, 1.807) is 0 Å². The molecule has 0 saturated carbocycles. The van der Waals surface area contributed by atoms with Gasteiger partial charge in [-0.05, 0) is 97.0 Å². The molecule has 0 N–H and O–H groups in total. The molecule has 0 radical (unpaired) electrons. The van der Waals surface area contributed by atoms with Crippen molar-refractivity contribution in [1.29, 1.82) is 0 Å². The molecule has 1 aliphatic rings. The first kappa shape index (κ1) is 31.3. The molecule has 0 amide bonds. The van der Waals surface area contributed by atoms with Crippen LogP contribution in [0.3, 0.4) is 0 Å². The van der Waals surface area contributed by atoms with E-state index in [-0.39, 0.29) is 5.41 Å². The third kappa shape index (κ3) is 4.34. The highest BCUT2D eigenvalue weighted by Crippen LogP contribution is 2.50. The van der Waals surface area contributed by atoms with E-state index >= 15 is 0 Å². The summed E-state index contributed by atoms with van der Waals surface area (Å²) in [5.74, 6) is 0.730. The molecule has 0 unspecified atom stereocenters. The van der Waals surface area contributed by atoms with Crippen LogP contribution < -0.4 is 0 Å². The van der Waals surface area contributed by atoms with Crippen LogP contribution in [0.25, 0.3) is 104 Å². The maximum absolute atomic E-state index is 5.37. The molecule has 262 valence electrons. The first-order valence-electron chi connectivity index (χ1n) is 19.4. The SMILES string of the molecule is CC1(C)c2cc(-c3nc(-c4ccccc4)c4cc(-c5ccccc5)ccc4n3)ccc2-n2c3cc4c5ccccc5c5ccccc5c4cc3c3cccc1c32. The van der Waals surface area contributed by atoms with Gasteiger partial charge in [0.25, 0.3) is 0 Å². The number of rotatable bonds is 3. The molecular weight excluding hydrogens is 679 g/mol. The number of benzene rings is 9. The number of fused-ring (bicyclic) bond motifs is 12. The second-order valence-electron chi connectivity index (χ2n) is 15.8. The smallest absolute Gasteiger partial charge is 0.160 e. The van der Waals surface area contributed by atoms with Crippen LogP contribution in [0.2, 0.25) is 0 Å². The summed E-state index contributed by atoms with van der Waals surface area (Å²) in [6, 6.07) is 63.9. The fourth-order valence-electron chi connectivity index (χ4n) is 9.62. The minimum atomic E-state index is -0.266. The minimum absolute atomic E-state index is 0.266. The number of aromatic nitrogens is 3. The number of nitrogens with zero attached hydrogens (tertiary/aromatic N) is 3. The van der Waals surface area contributed by atoms with E-state index in [2.05, 4.69) is 194 Å². The number of hydrogen-bond donors (Lipinski definition) is 0. The third-order valence-corrected chi connectivity index (χ3v) is 12.3. The van der Waals surface area contributed by atoms with Gasteiger partial charge in [-0.15, -0.1) is 0 Å². The Hall–Kier alpha value is -7.10. The molecule has 0 fully saturated rings. The Kier molecular flexibility index (Phi) is 6.40. The average Bonchev–Trinajstić information content (AvgIpc) is 3.58. The van der Waals surface area contributed by atoms with Gasteiger partial charge < -0.3 is 4.57 Å². The van der Waals surface area contributed by atoms with Crippen molar-refractivity contribution in [2.75, 3.05) is 0 Å². The van der Waals surface area contributed by atoms with Gasteiger partial charge in [-0.2, -0.15) is 0 Å². The van der Waals surface area contributed by atoms with Crippen LogP contribution in [0.5, 0.6) is 0 Å². The van der Waals surface area contributed by atoms with Crippen LogP contribution in [-0.4, -0.2) is 14.5 Å². The van der Waals surface area contributed by atoms with Gasteiger partial charge in [0, 0.05) is 32.7 Å². The third-order valence-electron chi connectivity index (χ3n) is 12.3. The second kappa shape index (κ2) is 11.5. The summed E-state index contributed by atoms with van der Waals surface area (Å²) < 4.78 is 2.52. The van der Waals surface area contributed by atoms with E-state index in [0.29, 0.717) is 0 Å². The van der Waals surface area contributed by atoms with E-state index < -0.39 is 0 Å². The summed E-state index contributed by atoms with van der Waals surface area (Å²) in [5, 5.41) is 11.4. The largest absolute Gasteiger partial charge is 0.309 e. The first-order chi connectivity index (χ1) is 27.5. The summed E-state index contributed by atoms with van der Waals surface area (Å²) in [7, 11) is 0. The Labute approximate surface area is 324 Å². The highest BCUT2D eigenvalue weighted by Gasteiger charge is 2.36. The standard InChI is InChI=1S/C53H35N3/c1-53(2)45-23-13-22-40-43-30-41-38-20-11-9-18-36(38)37-19-10-12-21-39(37)42(41)31-49(43)56(51(40)45)48-27-25-35(29-46(48)53)52-54-47-26-24-34(32-14-5-3-6-15-32)28-44(47)50(55-52)33-16-7-4-8-17-33/h3-31H,1-2H3. The van der Waals surface area contributed by atoms with Crippen molar-refractivity contribution in [3.05, 3.63) is 187 Å². The van der Waals surface area contributed by atoms with Gasteiger partial charge in [0.1, 0.15) is 0 Å². The zero-order valence-corrected chi connectivity index (χ0v) is 31.1. The number of hydrogen-bond acceptors (Lipinski definition) is 2. The molecule has 11 aromatic rings. The zero-order chi connectivity index (χ0) is 37.1. The Morgan fingerprint density at radius 2 is 1.00 bits per heavy atom. The van der Waals surface area contributed by atoms with Crippen LogP contribution in [0.4, 0.5) is 0 Å². The lowest BCUT2D eigenvalue weighted by Gasteiger charge is -2.35. The van der Waals surface area contributed by atoms with Crippen molar-refractivity contribution < 1.29 is 0 Å². The van der Waals surface area contributed by atoms with Crippen molar-refractivity contribution in [1.82, 2.24) is 14.5 Å². The lowest BCUT2D eigenvalue weighted by molar-refractivity contribution is 0.630. The Bertz CT molecular complexity index is 3430. The summed E-state index contributed by atoms with van der Waals surface area (Å²) in [4.78, 5) is 10.6. The van der Waals surface area contributed by atoms with Crippen molar-refractivity contribution in [2.24, 2.45) is 0 Å².